The molecule has 0 aliphatic rings. The summed E-state index contributed by atoms with van der Waals surface area (Å²) in [5.41, 5.74) is 1.37. The van der Waals surface area contributed by atoms with Crippen LogP contribution in [0.2, 0.25) is 0 Å². The lowest BCUT2D eigenvalue weighted by Crippen LogP contribution is -2.05. The van der Waals surface area contributed by atoms with Crippen LogP contribution in [-0.2, 0) is 0 Å². The lowest BCUT2D eigenvalue weighted by molar-refractivity contribution is 0.308. The van der Waals surface area contributed by atoms with Crippen molar-refractivity contribution in [2.45, 2.75) is 25.7 Å². The maximum atomic E-state index is 12.6. The van der Waals surface area contributed by atoms with Crippen LogP contribution in [0, 0.1) is 0 Å². The van der Waals surface area contributed by atoms with Crippen molar-refractivity contribution in [1.29, 1.82) is 0 Å². The molecule has 25 heavy (non-hydrogen) atoms. The topological polar surface area (TPSA) is 39.4 Å². The van der Waals surface area contributed by atoms with Gasteiger partial charge >= 0.3 is 0 Å². The van der Waals surface area contributed by atoms with E-state index in [9.17, 15) is 4.79 Å². The highest BCUT2D eigenvalue weighted by molar-refractivity contribution is 9.09. The second kappa shape index (κ2) is 8.86. The molecule has 3 rings (SSSR count). The summed E-state index contributed by atoms with van der Waals surface area (Å²) in [7, 11) is 0. The number of rotatable bonds is 8. The molecule has 3 nitrogen and oxygen atoms in total. The maximum absolute atomic E-state index is 12.6. The fourth-order valence-corrected chi connectivity index (χ4v) is 3.17. The number of fused-ring (bicyclic) bond motifs is 1. The van der Waals surface area contributed by atoms with E-state index in [1.54, 1.807) is 6.07 Å². The van der Waals surface area contributed by atoms with Crippen molar-refractivity contribution in [2.24, 2.45) is 0 Å². The van der Waals surface area contributed by atoms with Gasteiger partial charge in [-0.25, -0.2) is 0 Å². The molecule has 0 atom stereocenters. The number of halogens is 1. The maximum Gasteiger partial charge on any atom is 0.197 e. The number of unbranched alkanes of at least 4 members (excludes halogenated alkanes) is 3. The summed E-state index contributed by atoms with van der Waals surface area (Å²) >= 11 is 3.44. The summed E-state index contributed by atoms with van der Waals surface area (Å²) in [6, 6.07) is 16.7. The molecule has 130 valence electrons. The number of hydrogen-bond acceptors (Lipinski definition) is 3. The minimum absolute atomic E-state index is 0.0741. The van der Waals surface area contributed by atoms with Crippen LogP contribution in [0.25, 0.3) is 22.3 Å². The van der Waals surface area contributed by atoms with E-state index >= 15 is 0 Å². The monoisotopic (exact) mass is 400 g/mol. The fourth-order valence-electron chi connectivity index (χ4n) is 2.78. The first-order chi connectivity index (χ1) is 12.3. The molecule has 3 aromatic rings. The highest BCUT2D eigenvalue weighted by Gasteiger charge is 2.11. The van der Waals surface area contributed by atoms with E-state index in [0.29, 0.717) is 29.1 Å². The van der Waals surface area contributed by atoms with Crippen molar-refractivity contribution in [2.75, 3.05) is 11.9 Å². The quantitative estimate of drug-likeness (QED) is 0.354. The SMILES string of the molecule is O=c1cc(-c2ccccc2)oc2cccc(OCCCCCCBr)c12. The average molecular weight is 401 g/mol. The van der Waals surface area contributed by atoms with E-state index in [-0.39, 0.29) is 5.43 Å². The average Bonchev–Trinajstić information content (AvgIpc) is 2.65. The molecule has 0 bridgehead atoms. The van der Waals surface area contributed by atoms with Crippen LogP contribution < -0.4 is 10.2 Å². The number of ether oxygens (including phenoxy) is 1. The zero-order chi connectivity index (χ0) is 17.5. The first kappa shape index (κ1) is 17.7. The van der Waals surface area contributed by atoms with E-state index in [1.165, 1.54) is 12.8 Å². The van der Waals surface area contributed by atoms with Gasteiger partial charge in [0.2, 0.25) is 0 Å². The minimum Gasteiger partial charge on any atom is -0.493 e. The largest absolute Gasteiger partial charge is 0.493 e. The summed E-state index contributed by atoms with van der Waals surface area (Å²) in [6.45, 7) is 0.612. The molecule has 0 saturated carbocycles. The van der Waals surface area contributed by atoms with Crippen molar-refractivity contribution in [3.05, 3.63) is 64.8 Å². The lowest BCUT2D eigenvalue weighted by atomic mass is 10.1. The predicted molar refractivity (Wildman–Crippen MR) is 106 cm³/mol. The van der Waals surface area contributed by atoms with Crippen LogP contribution in [0.3, 0.4) is 0 Å². The van der Waals surface area contributed by atoms with Crippen LogP contribution in [0.15, 0.2) is 63.8 Å². The zero-order valence-corrected chi connectivity index (χ0v) is 15.6. The Morgan fingerprint density at radius 1 is 0.920 bits per heavy atom. The molecule has 2 aromatic carbocycles. The van der Waals surface area contributed by atoms with Crippen molar-refractivity contribution in [3.8, 4) is 17.1 Å². The smallest absolute Gasteiger partial charge is 0.197 e. The Balaban J connectivity index is 1.81. The van der Waals surface area contributed by atoms with Crippen molar-refractivity contribution >= 4 is 26.9 Å². The van der Waals surface area contributed by atoms with Crippen molar-refractivity contribution in [3.63, 3.8) is 0 Å². The number of alkyl halides is 1. The Kier molecular flexibility index (Phi) is 6.29. The Morgan fingerprint density at radius 2 is 1.72 bits per heavy atom. The van der Waals surface area contributed by atoms with E-state index < -0.39 is 0 Å². The van der Waals surface area contributed by atoms with E-state index in [1.807, 2.05) is 48.5 Å². The van der Waals surface area contributed by atoms with Gasteiger partial charge in [-0.3, -0.25) is 4.79 Å². The van der Waals surface area contributed by atoms with Gasteiger partial charge in [0.05, 0.1) is 6.61 Å². The zero-order valence-electron chi connectivity index (χ0n) is 14.0. The Labute approximate surface area is 155 Å². The third-order valence-corrected chi connectivity index (χ3v) is 4.62. The van der Waals surface area contributed by atoms with Gasteiger partial charge in [-0.1, -0.05) is 65.2 Å². The van der Waals surface area contributed by atoms with Crippen molar-refractivity contribution < 1.29 is 9.15 Å². The fraction of sp³-hybridized carbons (Fsp3) is 0.286. The second-order valence-corrected chi connectivity index (χ2v) is 6.71. The van der Waals surface area contributed by atoms with Gasteiger partial charge in [-0.15, -0.1) is 0 Å². The molecule has 0 unspecified atom stereocenters. The minimum atomic E-state index is -0.0741. The van der Waals surface area contributed by atoms with Gasteiger partial charge < -0.3 is 9.15 Å². The van der Waals surface area contributed by atoms with Crippen LogP contribution in [0.5, 0.6) is 5.75 Å². The molecule has 0 spiro atoms. The molecule has 4 heteroatoms. The van der Waals surface area contributed by atoms with Crippen LogP contribution in [0.1, 0.15) is 25.7 Å². The first-order valence-corrected chi connectivity index (χ1v) is 9.73. The third kappa shape index (κ3) is 4.51. The van der Waals surface area contributed by atoms with E-state index in [0.717, 1.165) is 23.7 Å². The molecule has 0 saturated heterocycles. The highest BCUT2D eigenvalue weighted by atomic mass is 79.9. The number of benzene rings is 2. The van der Waals surface area contributed by atoms with E-state index in [2.05, 4.69) is 15.9 Å². The van der Waals surface area contributed by atoms with Gasteiger partial charge in [-0.2, -0.15) is 0 Å². The Morgan fingerprint density at radius 3 is 2.52 bits per heavy atom. The summed E-state index contributed by atoms with van der Waals surface area (Å²) in [5, 5.41) is 1.56. The summed E-state index contributed by atoms with van der Waals surface area (Å²) in [5.74, 6) is 1.18. The molecule has 0 amide bonds. The van der Waals surface area contributed by atoms with Gasteiger partial charge in [0.25, 0.3) is 0 Å². The van der Waals surface area contributed by atoms with Crippen LogP contribution >= 0.6 is 15.9 Å². The molecular weight excluding hydrogens is 380 g/mol. The Hall–Kier alpha value is -2.07. The lowest BCUT2D eigenvalue weighted by Gasteiger charge is -2.09. The molecule has 0 fully saturated rings. The molecule has 0 aliphatic heterocycles. The molecule has 0 N–H and O–H groups in total. The van der Waals surface area contributed by atoms with Crippen LogP contribution in [-0.4, -0.2) is 11.9 Å². The van der Waals surface area contributed by atoms with E-state index in [4.69, 9.17) is 9.15 Å². The third-order valence-electron chi connectivity index (χ3n) is 4.06. The molecular formula is C21H21BrO3. The van der Waals surface area contributed by atoms with Gasteiger partial charge in [0.1, 0.15) is 22.5 Å². The summed E-state index contributed by atoms with van der Waals surface area (Å²) in [6.07, 6.45) is 4.48. The molecule has 0 aliphatic carbocycles. The highest BCUT2D eigenvalue weighted by Crippen LogP contribution is 2.27. The first-order valence-electron chi connectivity index (χ1n) is 8.60. The predicted octanol–water partition coefficient (Wildman–Crippen LogP) is 5.79. The molecule has 0 radical (unpaired) electrons. The van der Waals surface area contributed by atoms with Crippen LogP contribution in [0.4, 0.5) is 0 Å². The van der Waals surface area contributed by atoms with Gasteiger partial charge in [0.15, 0.2) is 5.43 Å². The second-order valence-electron chi connectivity index (χ2n) is 5.92. The van der Waals surface area contributed by atoms with Gasteiger partial charge in [0, 0.05) is 17.0 Å². The number of hydrogen-bond donors (Lipinski definition) is 0. The van der Waals surface area contributed by atoms with Gasteiger partial charge in [-0.05, 0) is 25.0 Å². The van der Waals surface area contributed by atoms with Crippen molar-refractivity contribution in [1.82, 2.24) is 0 Å². The summed E-state index contributed by atoms with van der Waals surface area (Å²) < 4.78 is 11.8. The Bertz CT molecular complexity index is 871. The normalized spacial score (nSPS) is 10.9. The molecule has 1 aromatic heterocycles. The molecule has 1 heterocycles. The standard InChI is InChI=1S/C21H21BrO3/c22-13-6-1-2-7-14-24-18-11-8-12-19-21(18)17(23)15-20(25-19)16-9-4-3-5-10-16/h3-5,8-12,15H,1-2,6-7,13-14H2. The summed E-state index contributed by atoms with van der Waals surface area (Å²) in [4.78, 5) is 12.6.